The summed E-state index contributed by atoms with van der Waals surface area (Å²) in [7, 11) is -3.56. The Hall–Kier alpha value is -1.34. The predicted molar refractivity (Wildman–Crippen MR) is 74.5 cm³/mol. The number of benzene rings is 1. The maximum absolute atomic E-state index is 12.7. The zero-order valence-corrected chi connectivity index (χ0v) is 12.4. The Morgan fingerprint density at radius 3 is 2.42 bits per heavy atom. The molecule has 0 heterocycles. The van der Waals surface area contributed by atoms with Gasteiger partial charge in [0.2, 0.25) is 0 Å². The van der Waals surface area contributed by atoms with Crippen molar-refractivity contribution in [1.29, 1.82) is 5.26 Å². The Bertz CT molecular complexity index is 635. The summed E-state index contributed by atoms with van der Waals surface area (Å²) in [5, 5.41) is 9.34. The van der Waals surface area contributed by atoms with Crippen molar-refractivity contribution in [2.75, 3.05) is 0 Å². The first-order chi connectivity index (χ1) is 8.86. The molecule has 1 saturated carbocycles. The van der Waals surface area contributed by atoms with E-state index in [0.29, 0.717) is 18.8 Å². The van der Waals surface area contributed by atoms with Crippen LogP contribution in [0.1, 0.15) is 37.3 Å². The van der Waals surface area contributed by atoms with Crippen molar-refractivity contribution in [3.8, 4) is 6.07 Å². The van der Waals surface area contributed by atoms with Gasteiger partial charge in [-0.25, -0.2) is 8.42 Å². The second kappa shape index (κ2) is 4.64. The summed E-state index contributed by atoms with van der Waals surface area (Å²) in [6.07, 6.45) is 1.87. The summed E-state index contributed by atoms with van der Waals surface area (Å²) in [4.78, 5) is 0.284. The minimum atomic E-state index is -3.56. The van der Waals surface area contributed by atoms with Crippen molar-refractivity contribution in [2.24, 2.45) is 5.92 Å². The molecule has 1 aliphatic rings. The van der Waals surface area contributed by atoms with E-state index in [1.165, 1.54) is 0 Å². The largest absolute Gasteiger partial charge is 0.222 e. The fraction of sp³-hybridized carbons (Fsp3) is 0.533. The molecule has 0 aromatic heterocycles. The first-order valence-electron chi connectivity index (χ1n) is 6.59. The Morgan fingerprint density at radius 1 is 1.32 bits per heavy atom. The summed E-state index contributed by atoms with van der Waals surface area (Å²) in [5.41, 5.74) is 2.01. The second-order valence-corrected chi connectivity index (χ2v) is 7.80. The number of nitrogens with zero attached hydrogens (tertiary/aromatic N) is 1. The van der Waals surface area contributed by atoms with Crippen molar-refractivity contribution in [3.05, 3.63) is 29.3 Å². The number of aryl methyl sites for hydroxylation is 2. The Morgan fingerprint density at radius 2 is 1.95 bits per heavy atom. The zero-order chi connectivity index (χ0) is 14.3. The highest BCUT2D eigenvalue weighted by Crippen LogP contribution is 2.47. The molecule has 102 valence electrons. The SMILES string of the molecule is CCC1CC(C#N)(S(=O)(=O)c2ccc(C)c(C)c2)C1. The molecule has 0 amide bonds. The van der Waals surface area contributed by atoms with Crippen LogP contribution >= 0.6 is 0 Å². The van der Waals surface area contributed by atoms with Gasteiger partial charge >= 0.3 is 0 Å². The lowest BCUT2D eigenvalue weighted by atomic mass is 9.73. The Kier molecular flexibility index (Phi) is 3.44. The zero-order valence-electron chi connectivity index (χ0n) is 11.6. The second-order valence-electron chi connectivity index (χ2n) is 5.54. The van der Waals surface area contributed by atoms with Gasteiger partial charge in [0.05, 0.1) is 11.0 Å². The molecule has 4 heteroatoms. The van der Waals surface area contributed by atoms with E-state index in [9.17, 15) is 13.7 Å². The molecular weight excluding hydrogens is 258 g/mol. The number of nitriles is 1. The maximum atomic E-state index is 12.7. The van der Waals surface area contributed by atoms with Crippen LogP contribution in [0.5, 0.6) is 0 Å². The van der Waals surface area contributed by atoms with E-state index in [4.69, 9.17) is 0 Å². The molecule has 0 unspecified atom stereocenters. The van der Waals surface area contributed by atoms with Crippen molar-refractivity contribution in [3.63, 3.8) is 0 Å². The smallest absolute Gasteiger partial charge is 0.197 e. The van der Waals surface area contributed by atoms with Crippen LogP contribution in [0, 0.1) is 31.1 Å². The van der Waals surface area contributed by atoms with Gasteiger partial charge in [-0.1, -0.05) is 19.4 Å². The van der Waals surface area contributed by atoms with Gasteiger partial charge in [0.15, 0.2) is 14.6 Å². The minimum absolute atomic E-state index is 0.284. The Balaban J connectivity index is 2.43. The number of hydrogen-bond donors (Lipinski definition) is 0. The van der Waals surface area contributed by atoms with Crippen molar-refractivity contribution in [2.45, 2.75) is 49.7 Å². The van der Waals surface area contributed by atoms with Crippen LogP contribution in [0.15, 0.2) is 23.1 Å². The summed E-state index contributed by atoms with van der Waals surface area (Å²) in [6, 6.07) is 7.18. The van der Waals surface area contributed by atoms with Crippen molar-refractivity contribution < 1.29 is 8.42 Å². The third-order valence-corrected chi connectivity index (χ3v) is 6.65. The maximum Gasteiger partial charge on any atom is 0.197 e. The van der Waals surface area contributed by atoms with E-state index in [1.54, 1.807) is 12.1 Å². The highest BCUT2D eigenvalue weighted by atomic mass is 32.2. The molecule has 0 radical (unpaired) electrons. The quantitative estimate of drug-likeness (QED) is 0.852. The average molecular weight is 277 g/mol. The van der Waals surface area contributed by atoms with Gasteiger partial charge in [0, 0.05) is 0 Å². The fourth-order valence-corrected chi connectivity index (χ4v) is 4.70. The molecule has 0 bridgehead atoms. The minimum Gasteiger partial charge on any atom is -0.222 e. The molecule has 1 aromatic carbocycles. The molecule has 0 spiro atoms. The Labute approximate surface area is 115 Å². The first kappa shape index (κ1) is 14.1. The highest BCUT2D eigenvalue weighted by molar-refractivity contribution is 7.93. The van der Waals surface area contributed by atoms with Crippen LogP contribution in [-0.4, -0.2) is 13.2 Å². The van der Waals surface area contributed by atoms with E-state index in [-0.39, 0.29) is 4.90 Å². The molecule has 1 aliphatic carbocycles. The lowest BCUT2D eigenvalue weighted by molar-refractivity contribution is 0.256. The van der Waals surface area contributed by atoms with Crippen LogP contribution in [0.2, 0.25) is 0 Å². The van der Waals surface area contributed by atoms with Crippen LogP contribution in [0.4, 0.5) is 0 Å². The van der Waals surface area contributed by atoms with Gasteiger partial charge in [-0.05, 0) is 55.9 Å². The van der Waals surface area contributed by atoms with Gasteiger partial charge in [0.1, 0.15) is 0 Å². The molecule has 0 atom stereocenters. The normalized spacial score (nSPS) is 26.5. The van der Waals surface area contributed by atoms with Gasteiger partial charge < -0.3 is 0 Å². The monoisotopic (exact) mass is 277 g/mol. The molecule has 1 aromatic rings. The molecule has 19 heavy (non-hydrogen) atoms. The summed E-state index contributed by atoms with van der Waals surface area (Å²) < 4.78 is 24.1. The van der Waals surface area contributed by atoms with Gasteiger partial charge in [-0.15, -0.1) is 0 Å². The lowest BCUT2D eigenvalue weighted by Crippen LogP contribution is -2.49. The fourth-order valence-electron chi connectivity index (χ4n) is 2.64. The number of hydrogen-bond acceptors (Lipinski definition) is 3. The molecule has 2 rings (SSSR count). The molecule has 1 fully saturated rings. The van der Waals surface area contributed by atoms with Gasteiger partial charge in [0.25, 0.3) is 0 Å². The topological polar surface area (TPSA) is 57.9 Å². The van der Waals surface area contributed by atoms with Gasteiger partial charge in [-0.2, -0.15) is 5.26 Å². The number of rotatable bonds is 3. The molecule has 0 aliphatic heterocycles. The third kappa shape index (κ3) is 2.06. The van der Waals surface area contributed by atoms with E-state index in [0.717, 1.165) is 17.5 Å². The molecular formula is C15H19NO2S. The van der Waals surface area contributed by atoms with Crippen molar-refractivity contribution in [1.82, 2.24) is 0 Å². The summed E-state index contributed by atoms with van der Waals surface area (Å²) in [5.74, 6) is 0.362. The predicted octanol–water partition coefficient (Wildman–Crippen LogP) is 3.16. The lowest BCUT2D eigenvalue weighted by Gasteiger charge is -2.41. The summed E-state index contributed by atoms with van der Waals surface area (Å²) >= 11 is 0. The van der Waals surface area contributed by atoms with Gasteiger partial charge in [-0.3, -0.25) is 0 Å². The molecule has 0 saturated heterocycles. The standard InChI is InChI=1S/C15H19NO2S/c1-4-13-8-15(9-13,10-16)19(17,18)14-6-5-11(2)12(3)7-14/h5-7,13H,4,8-9H2,1-3H3. The molecule has 3 nitrogen and oxygen atoms in total. The van der Waals surface area contributed by atoms with Crippen LogP contribution < -0.4 is 0 Å². The first-order valence-corrected chi connectivity index (χ1v) is 8.08. The van der Waals surface area contributed by atoms with E-state index in [1.807, 2.05) is 26.8 Å². The van der Waals surface area contributed by atoms with E-state index < -0.39 is 14.6 Å². The number of sulfone groups is 1. The van der Waals surface area contributed by atoms with Crippen LogP contribution in [-0.2, 0) is 9.84 Å². The van der Waals surface area contributed by atoms with Crippen LogP contribution in [0.25, 0.3) is 0 Å². The van der Waals surface area contributed by atoms with Crippen molar-refractivity contribution >= 4 is 9.84 Å². The molecule has 0 N–H and O–H groups in total. The average Bonchev–Trinajstić information content (AvgIpc) is 2.32. The third-order valence-electron chi connectivity index (χ3n) is 4.32. The van der Waals surface area contributed by atoms with Crippen LogP contribution in [0.3, 0.4) is 0 Å². The summed E-state index contributed by atoms with van der Waals surface area (Å²) in [6.45, 7) is 5.87. The van der Waals surface area contributed by atoms with E-state index >= 15 is 0 Å². The highest BCUT2D eigenvalue weighted by Gasteiger charge is 2.54. The van der Waals surface area contributed by atoms with E-state index in [2.05, 4.69) is 6.07 Å².